The minimum absolute atomic E-state index is 0.107. The molecule has 5 heteroatoms. The lowest BCUT2D eigenvalue weighted by Crippen LogP contribution is -2.08. The quantitative estimate of drug-likeness (QED) is 0.364. The van der Waals surface area contributed by atoms with E-state index < -0.39 is 5.97 Å². The summed E-state index contributed by atoms with van der Waals surface area (Å²) in [5, 5.41) is 3.89. The van der Waals surface area contributed by atoms with Crippen molar-refractivity contribution in [2.45, 2.75) is 20.5 Å². The molecule has 0 radical (unpaired) electrons. The molecule has 1 aromatic heterocycles. The molecule has 3 rings (SSSR count). The lowest BCUT2D eigenvalue weighted by molar-refractivity contribution is -0.137. The lowest BCUT2D eigenvalue weighted by Gasteiger charge is -2.10. The molecule has 0 N–H and O–H groups in total. The second-order valence-electron chi connectivity index (χ2n) is 6.04. The zero-order valence-corrected chi connectivity index (χ0v) is 15.6. The minimum Gasteiger partial charge on any atom is -0.496 e. The number of carbonyl (C=O) groups excluding carboxylic acids is 1. The van der Waals surface area contributed by atoms with E-state index in [-0.39, 0.29) is 6.61 Å². The van der Waals surface area contributed by atoms with Gasteiger partial charge in [-0.15, -0.1) is 0 Å². The zero-order valence-electron chi connectivity index (χ0n) is 15.6. The van der Waals surface area contributed by atoms with E-state index >= 15 is 0 Å². The Bertz CT molecular complexity index is 938. The summed E-state index contributed by atoms with van der Waals surface area (Å²) in [5.74, 6) is 0.909. The van der Waals surface area contributed by atoms with E-state index in [1.54, 1.807) is 20.1 Å². The topological polar surface area (TPSA) is 61.6 Å². The fraction of sp³-hybridized carbons (Fsp3) is 0.182. The molecule has 2 aromatic carbocycles. The molecule has 138 valence electrons. The molecular weight excluding hydrogens is 342 g/mol. The number of aromatic nitrogens is 1. The maximum atomic E-state index is 12.9. The van der Waals surface area contributed by atoms with Gasteiger partial charge in [-0.3, -0.25) is 0 Å². The van der Waals surface area contributed by atoms with Crippen LogP contribution in [0.1, 0.15) is 28.1 Å². The summed E-state index contributed by atoms with van der Waals surface area (Å²) in [6.07, 6.45) is 1.78. The predicted octanol–water partition coefficient (Wildman–Crippen LogP) is 4.58. The van der Waals surface area contributed by atoms with Crippen molar-refractivity contribution in [3.63, 3.8) is 0 Å². The Hall–Kier alpha value is -3.34. The molecule has 0 unspecified atom stereocenters. The number of benzene rings is 2. The fourth-order valence-corrected chi connectivity index (χ4v) is 2.74. The Balaban J connectivity index is 1.93. The standard InChI is InChI=1S/C22H21NO4/c1-15-20(16(2)27-23-15)14-26-22(24)19(17-9-5-4-6-10-17)13-18-11-7-8-12-21(18)25-3/h4-13H,14H2,1-3H3. The van der Waals surface area contributed by atoms with Gasteiger partial charge in [0.25, 0.3) is 0 Å². The van der Waals surface area contributed by atoms with E-state index in [0.717, 1.165) is 22.4 Å². The highest BCUT2D eigenvalue weighted by Crippen LogP contribution is 2.26. The summed E-state index contributed by atoms with van der Waals surface area (Å²) in [6.45, 7) is 3.73. The maximum Gasteiger partial charge on any atom is 0.339 e. The van der Waals surface area contributed by atoms with Gasteiger partial charge in [-0.2, -0.15) is 0 Å². The molecular formula is C22H21NO4. The van der Waals surface area contributed by atoms with Gasteiger partial charge < -0.3 is 14.0 Å². The second-order valence-corrected chi connectivity index (χ2v) is 6.04. The molecule has 0 aliphatic heterocycles. The predicted molar refractivity (Wildman–Crippen MR) is 103 cm³/mol. The molecule has 0 aliphatic carbocycles. The largest absolute Gasteiger partial charge is 0.496 e. The van der Waals surface area contributed by atoms with Gasteiger partial charge >= 0.3 is 5.97 Å². The average Bonchev–Trinajstić information content (AvgIpc) is 3.02. The van der Waals surface area contributed by atoms with Gasteiger partial charge in [-0.25, -0.2) is 4.79 Å². The number of nitrogens with zero attached hydrogens (tertiary/aromatic N) is 1. The molecule has 27 heavy (non-hydrogen) atoms. The van der Waals surface area contributed by atoms with Crippen molar-refractivity contribution in [3.05, 3.63) is 82.7 Å². The molecule has 0 saturated carbocycles. The van der Waals surface area contributed by atoms with E-state index in [0.29, 0.717) is 17.1 Å². The third-order valence-corrected chi connectivity index (χ3v) is 4.27. The first kappa shape index (κ1) is 18.5. The summed E-state index contributed by atoms with van der Waals surface area (Å²) < 4.78 is 16.1. The Morgan fingerprint density at radius 2 is 1.78 bits per heavy atom. The van der Waals surface area contributed by atoms with Crippen molar-refractivity contribution in [1.82, 2.24) is 5.16 Å². The smallest absolute Gasteiger partial charge is 0.339 e. The normalized spacial score (nSPS) is 11.3. The van der Waals surface area contributed by atoms with Crippen LogP contribution in [-0.4, -0.2) is 18.2 Å². The van der Waals surface area contributed by atoms with Crippen LogP contribution >= 0.6 is 0 Å². The van der Waals surface area contributed by atoms with E-state index in [2.05, 4.69) is 5.16 Å². The van der Waals surface area contributed by atoms with Crippen molar-refractivity contribution < 1.29 is 18.8 Å². The fourth-order valence-electron chi connectivity index (χ4n) is 2.74. The van der Waals surface area contributed by atoms with Crippen LogP contribution in [-0.2, 0) is 16.1 Å². The molecule has 5 nitrogen and oxygen atoms in total. The van der Waals surface area contributed by atoms with E-state index in [1.165, 1.54) is 0 Å². The van der Waals surface area contributed by atoms with Crippen molar-refractivity contribution in [2.75, 3.05) is 7.11 Å². The molecule has 0 aliphatic rings. The molecule has 0 atom stereocenters. The van der Waals surface area contributed by atoms with Crippen LogP contribution < -0.4 is 4.74 Å². The number of hydrogen-bond acceptors (Lipinski definition) is 5. The second kappa shape index (κ2) is 8.36. The number of esters is 1. The highest BCUT2D eigenvalue weighted by molar-refractivity contribution is 6.21. The molecule has 0 fully saturated rings. The molecule has 1 heterocycles. The summed E-state index contributed by atoms with van der Waals surface area (Å²) in [4.78, 5) is 12.9. The summed E-state index contributed by atoms with van der Waals surface area (Å²) in [6, 6.07) is 16.9. The highest BCUT2D eigenvalue weighted by atomic mass is 16.5. The summed E-state index contributed by atoms with van der Waals surface area (Å²) in [7, 11) is 1.60. The summed E-state index contributed by atoms with van der Waals surface area (Å²) in [5.41, 5.74) is 3.52. The van der Waals surface area contributed by atoms with E-state index in [4.69, 9.17) is 14.0 Å². The monoisotopic (exact) mass is 363 g/mol. The third-order valence-electron chi connectivity index (χ3n) is 4.27. The number of ether oxygens (including phenoxy) is 2. The van der Waals surface area contributed by atoms with Crippen LogP contribution in [0, 0.1) is 13.8 Å². The van der Waals surface area contributed by atoms with Gasteiger partial charge in [-0.1, -0.05) is 53.7 Å². The maximum absolute atomic E-state index is 12.9. The molecule has 0 bridgehead atoms. The Morgan fingerprint density at radius 1 is 1.07 bits per heavy atom. The molecule has 0 spiro atoms. The number of rotatable bonds is 6. The van der Waals surface area contributed by atoms with Crippen LogP contribution in [0.25, 0.3) is 11.6 Å². The first-order chi connectivity index (χ1) is 13.1. The highest BCUT2D eigenvalue weighted by Gasteiger charge is 2.17. The molecule has 0 amide bonds. The lowest BCUT2D eigenvalue weighted by atomic mass is 10.0. The molecule has 3 aromatic rings. The van der Waals surface area contributed by atoms with Gasteiger partial charge in [0, 0.05) is 5.56 Å². The SMILES string of the molecule is COc1ccccc1C=C(C(=O)OCc1c(C)noc1C)c1ccccc1. The number of carbonyl (C=O) groups is 1. The van der Waals surface area contributed by atoms with Crippen LogP contribution in [0.4, 0.5) is 0 Å². The van der Waals surface area contributed by atoms with Gasteiger partial charge in [0.05, 0.1) is 23.9 Å². The Labute approximate surface area is 158 Å². The summed E-state index contributed by atoms with van der Waals surface area (Å²) >= 11 is 0. The van der Waals surface area contributed by atoms with Crippen LogP contribution in [0.15, 0.2) is 59.1 Å². The minimum atomic E-state index is -0.424. The van der Waals surface area contributed by atoms with Crippen molar-refractivity contribution in [2.24, 2.45) is 0 Å². The van der Waals surface area contributed by atoms with Crippen LogP contribution in [0.2, 0.25) is 0 Å². The van der Waals surface area contributed by atoms with E-state index in [9.17, 15) is 4.79 Å². The van der Waals surface area contributed by atoms with Crippen molar-refractivity contribution in [1.29, 1.82) is 0 Å². The van der Waals surface area contributed by atoms with Gasteiger partial charge in [0.15, 0.2) is 0 Å². The average molecular weight is 363 g/mol. The first-order valence-corrected chi connectivity index (χ1v) is 8.59. The first-order valence-electron chi connectivity index (χ1n) is 8.59. The van der Waals surface area contributed by atoms with Gasteiger partial charge in [0.2, 0.25) is 0 Å². The third kappa shape index (κ3) is 4.26. The van der Waals surface area contributed by atoms with E-state index in [1.807, 2.05) is 61.5 Å². The number of hydrogen-bond donors (Lipinski definition) is 0. The number of aryl methyl sites for hydroxylation is 2. The Kier molecular flexibility index (Phi) is 5.71. The van der Waals surface area contributed by atoms with Crippen LogP contribution in [0.5, 0.6) is 5.75 Å². The zero-order chi connectivity index (χ0) is 19.2. The molecule has 0 saturated heterocycles. The van der Waals surface area contributed by atoms with Crippen LogP contribution in [0.3, 0.4) is 0 Å². The van der Waals surface area contributed by atoms with Gasteiger partial charge in [-0.05, 0) is 31.6 Å². The Morgan fingerprint density at radius 3 is 2.44 bits per heavy atom. The number of para-hydroxylation sites is 1. The van der Waals surface area contributed by atoms with Crippen molar-refractivity contribution in [3.8, 4) is 5.75 Å². The number of methoxy groups -OCH3 is 1. The van der Waals surface area contributed by atoms with Gasteiger partial charge in [0.1, 0.15) is 18.1 Å². The van der Waals surface area contributed by atoms with Crippen molar-refractivity contribution >= 4 is 17.6 Å².